The van der Waals surface area contributed by atoms with Gasteiger partial charge >= 0.3 is 0 Å². The third-order valence-corrected chi connectivity index (χ3v) is 5.87. The molecule has 1 amide bonds. The zero-order valence-electron chi connectivity index (χ0n) is 15.5. The standard InChI is InChI=1S/C19H17Cl3N4O2S/c1-11(28-14-5-3-4-12(20)8-14)18-24-25-19(26(18)2)29-10-17(27)23-13-6-7-15(21)16(22)9-13/h3-9,11H,10H2,1-2H3,(H,23,27). The topological polar surface area (TPSA) is 69.0 Å². The lowest BCUT2D eigenvalue weighted by Gasteiger charge is -2.14. The quantitative estimate of drug-likeness (QED) is 0.451. The molecule has 6 nitrogen and oxygen atoms in total. The molecule has 29 heavy (non-hydrogen) atoms. The molecule has 0 spiro atoms. The molecule has 2 aromatic carbocycles. The Kier molecular flexibility index (Phi) is 7.29. The third kappa shape index (κ3) is 5.79. The Bertz CT molecular complexity index is 1030. The second-order valence-electron chi connectivity index (χ2n) is 6.08. The van der Waals surface area contributed by atoms with Crippen molar-refractivity contribution in [1.82, 2.24) is 14.8 Å². The molecule has 0 saturated heterocycles. The highest BCUT2D eigenvalue weighted by Gasteiger charge is 2.18. The number of nitrogens with zero attached hydrogens (tertiary/aromatic N) is 3. The van der Waals surface area contributed by atoms with E-state index in [2.05, 4.69) is 15.5 Å². The zero-order valence-corrected chi connectivity index (χ0v) is 18.6. The summed E-state index contributed by atoms with van der Waals surface area (Å²) in [7, 11) is 1.83. The van der Waals surface area contributed by atoms with E-state index in [9.17, 15) is 4.79 Å². The van der Waals surface area contributed by atoms with Crippen LogP contribution in [0.25, 0.3) is 0 Å². The number of hydrogen-bond donors (Lipinski definition) is 1. The maximum absolute atomic E-state index is 12.2. The van der Waals surface area contributed by atoms with Gasteiger partial charge < -0.3 is 14.6 Å². The van der Waals surface area contributed by atoms with Crippen molar-refractivity contribution < 1.29 is 9.53 Å². The molecule has 152 valence electrons. The summed E-state index contributed by atoms with van der Waals surface area (Å²) in [6.45, 7) is 1.87. The number of aromatic nitrogens is 3. The van der Waals surface area contributed by atoms with Crippen LogP contribution in [0.2, 0.25) is 15.1 Å². The number of nitrogens with one attached hydrogen (secondary N) is 1. The molecule has 0 aliphatic rings. The van der Waals surface area contributed by atoms with Gasteiger partial charge in [0.15, 0.2) is 17.1 Å². The SMILES string of the molecule is CC(Oc1cccc(Cl)c1)c1nnc(SCC(=O)Nc2ccc(Cl)c(Cl)c2)n1C. The number of hydrogen-bond acceptors (Lipinski definition) is 5. The van der Waals surface area contributed by atoms with E-state index < -0.39 is 0 Å². The Balaban J connectivity index is 1.58. The Morgan fingerprint density at radius 2 is 1.97 bits per heavy atom. The predicted octanol–water partition coefficient (Wildman–Crippen LogP) is 5.65. The Labute approximate surface area is 187 Å². The van der Waals surface area contributed by atoms with Gasteiger partial charge in [-0.1, -0.05) is 52.6 Å². The first kappa shape index (κ1) is 21.8. The van der Waals surface area contributed by atoms with Crippen LogP contribution in [0.15, 0.2) is 47.6 Å². The average Bonchev–Trinajstić information content (AvgIpc) is 3.04. The number of ether oxygens (including phenoxy) is 1. The summed E-state index contributed by atoms with van der Waals surface area (Å²) >= 11 is 19.1. The number of thioether (sulfide) groups is 1. The van der Waals surface area contributed by atoms with Crippen LogP contribution in [0.1, 0.15) is 18.9 Å². The molecule has 1 atom stereocenters. The van der Waals surface area contributed by atoms with Crippen molar-refractivity contribution in [2.75, 3.05) is 11.1 Å². The first-order valence-corrected chi connectivity index (χ1v) is 10.6. The van der Waals surface area contributed by atoms with Gasteiger partial charge in [0, 0.05) is 17.8 Å². The number of halogens is 3. The highest BCUT2D eigenvalue weighted by Crippen LogP contribution is 2.27. The van der Waals surface area contributed by atoms with Crippen molar-refractivity contribution in [2.45, 2.75) is 18.2 Å². The molecule has 1 unspecified atom stereocenters. The van der Waals surface area contributed by atoms with Crippen LogP contribution < -0.4 is 10.1 Å². The van der Waals surface area contributed by atoms with E-state index in [1.165, 1.54) is 11.8 Å². The monoisotopic (exact) mass is 470 g/mol. The van der Waals surface area contributed by atoms with Gasteiger partial charge in [0.25, 0.3) is 0 Å². The lowest BCUT2D eigenvalue weighted by atomic mass is 10.3. The first-order chi connectivity index (χ1) is 13.8. The van der Waals surface area contributed by atoms with E-state index in [0.29, 0.717) is 37.5 Å². The van der Waals surface area contributed by atoms with Crippen LogP contribution in [0, 0.1) is 0 Å². The number of amides is 1. The molecule has 0 saturated carbocycles. The van der Waals surface area contributed by atoms with Crippen molar-refractivity contribution in [3.8, 4) is 5.75 Å². The van der Waals surface area contributed by atoms with Crippen LogP contribution in [-0.4, -0.2) is 26.4 Å². The van der Waals surface area contributed by atoms with Gasteiger partial charge in [0.1, 0.15) is 5.75 Å². The number of carbonyl (C=O) groups excluding carboxylic acids is 1. The summed E-state index contributed by atoms with van der Waals surface area (Å²) in [6.07, 6.45) is -0.342. The fourth-order valence-corrected chi connectivity index (χ4v) is 3.70. The fourth-order valence-electron chi connectivity index (χ4n) is 2.50. The lowest BCUT2D eigenvalue weighted by molar-refractivity contribution is -0.113. The molecule has 3 rings (SSSR count). The first-order valence-electron chi connectivity index (χ1n) is 8.52. The Morgan fingerprint density at radius 1 is 1.17 bits per heavy atom. The normalized spacial score (nSPS) is 11.9. The lowest BCUT2D eigenvalue weighted by Crippen LogP contribution is -2.15. The molecule has 1 aromatic heterocycles. The fraction of sp³-hybridized carbons (Fsp3) is 0.211. The minimum Gasteiger partial charge on any atom is -0.483 e. The van der Waals surface area contributed by atoms with Crippen molar-refractivity contribution in [3.05, 3.63) is 63.4 Å². The number of rotatable bonds is 7. The molecule has 0 aliphatic carbocycles. The molecule has 0 radical (unpaired) electrons. The van der Waals surface area contributed by atoms with E-state index in [1.807, 2.05) is 26.1 Å². The smallest absolute Gasteiger partial charge is 0.234 e. The van der Waals surface area contributed by atoms with E-state index in [1.54, 1.807) is 34.9 Å². The van der Waals surface area contributed by atoms with Crippen LogP contribution >= 0.6 is 46.6 Å². The Hall–Kier alpha value is -1.93. The highest BCUT2D eigenvalue weighted by atomic mass is 35.5. The van der Waals surface area contributed by atoms with Gasteiger partial charge in [-0.15, -0.1) is 10.2 Å². The summed E-state index contributed by atoms with van der Waals surface area (Å²) in [5.41, 5.74) is 0.576. The minimum absolute atomic E-state index is 0.162. The maximum atomic E-state index is 12.2. The van der Waals surface area contributed by atoms with Gasteiger partial charge in [0.2, 0.25) is 5.91 Å². The Morgan fingerprint density at radius 3 is 2.69 bits per heavy atom. The second-order valence-corrected chi connectivity index (χ2v) is 8.28. The second kappa shape index (κ2) is 9.71. The number of benzene rings is 2. The van der Waals surface area contributed by atoms with Crippen molar-refractivity contribution in [2.24, 2.45) is 7.05 Å². The molecule has 0 fully saturated rings. The summed E-state index contributed by atoms with van der Waals surface area (Å²) in [6, 6.07) is 12.1. The molecule has 1 N–H and O–H groups in total. The molecule has 0 aliphatic heterocycles. The summed E-state index contributed by atoms with van der Waals surface area (Å²) in [5, 5.41) is 13.1. The average molecular weight is 472 g/mol. The summed E-state index contributed by atoms with van der Waals surface area (Å²) in [4.78, 5) is 12.2. The largest absolute Gasteiger partial charge is 0.483 e. The van der Waals surface area contributed by atoms with Gasteiger partial charge in [-0.25, -0.2) is 0 Å². The van der Waals surface area contributed by atoms with Crippen LogP contribution in [0.3, 0.4) is 0 Å². The molecule has 0 bridgehead atoms. The zero-order chi connectivity index (χ0) is 21.0. The van der Waals surface area contributed by atoms with Crippen molar-refractivity contribution in [3.63, 3.8) is 0 Å². The van der Waals surface area contributed by atoms with Crippen molar-refractivity contribution >= 4 is 58.2 Å². The van der Waals surface area contributed by atoms with Gasteiger partial charge in [-0.2, -0.15) is 0 Å². The summed E-state index contributed by atoms with van der Waals surface area (Å²) < 4.78 is 7.68. The maximum Gasteiger partial charge on any atom is 0.234 e. The van der Waals surface area contributed by atoms with Gasteiger partial charge in [-0.05, 0) is 43.3 Å². The van der Waals surface area contributed by atoms with E-state index in [-0.39, 0.29) is 17.8 Å². The molecular formula is C19H17Cl3N4O2S. The van der Waals surface area contributed by atoms with Gasteiger partial charge in [-0.3, -0.25) is 4.79 Å². The van der Waals surface area contributed by atoms with Gasteiger partial charge in [0.05, 0.1) is 15.8 Å². The number of anilines is 1. The number of carbonyl (C=O) groups is 1. The molecule has 1 heterocycles. The summed E-state index contributed by atoms with van der Waals surface area (Å²) in [5.74, 6) is 1.25. The van der Waals surface area contributed by atoms with Crippen LogP contribution in [-0.2, 0) is 11.8 Å². The van der Waals surface area contributed by atoms with Crippen LogP contribution in [0.5, 0.6) is 5.75 Å². The minimum atomic E-state index is -0.342. The highest BCUT2D eigenvalue weighted by molar-refractivity contribution is 7.99. The van der Waals surface area contributed by atoms with E-state index in [4.69, 9.17) is 39.5 Å². The van der Waals surface area contributed by atoms with Crippen molar-refractivity contribution in [1.29, 1.82) is 0 Å². The third-order valence-electron chi connectivity index (χ3n) is 3.88. The molecule has 10 heteroatoms. The predicted molar refractivity (Wildman–Crippen MR) is 117 cm³/mol. The van der Waals surface area contributed by atoms with E-state index >= 15 is 0 Å². The molecule has 3 aromatic rings. The van der Waals surface area contributed by atoms with Crippen LogP contribution in [0.4, 0.5) is 5.69 Å². The molecular weight excluding hydrogens is 455 g/mol. The van der Waals surface area contributed by atoms with E-state index in [0.717, 1.165) is 0 Å².